The van der Waals surface area contributed by atoms with E-state index in [0.29, 0.717) is 18.5 Å². The molecule has 146 valence electrons. The fraction of sp³-hybridized carbons (Fsp3) is 0.455. The quantitative estimate of drug-likeness (QED) is 0.697. The molecule has 0 fully saturated rings. The highest BCUT2D eigenvalue weighted by molar-refractivity contribution is 5.36. The van der Waals surface area contributed by atoms with Gasteiger partial charge in [-0.2, -0.15) is 0 Å². The molecular formula is C22H29F2N2O+. The molecule has 0 aliphatic heterocycles. The lowest BCUT2D eigenvalue weighted by Crippen LogP contribution is -2.68. The molecule has 1 aliphatic rings. The molecular weight excluding hydrogens is 346 g/mol. The molecule has 0 radical (unpaired) electrons. The maximum atomic E-state index is 13.3. The number of aliphatic hydroxyl groups excluding tert-OH is 1. The summed E-state index contributed by atoms with van der Waals surface area (Å²) >= 11 is 0. The summed E-state index contributed by atoms with van der Waals surface area (Å²) in [6, 6.07) is 10.0. The molecule has 0 heterocycles. The highest BCUT2D eigenvalue weighted by atomic mass is 19.1. The summed E-state index contributed by atoms with van der Waals surface area (Å²) in [5.74, 6) is -1.20. The lowest BCUT2D eigenvalue weighted by molar-refractivity contribution is -0.436. The van der Waals surface area contributed by atoms with Crippen LogP contribution in [-0.4, -0.2) is 23.8 Å². The molecule has 27 heavy (non-hydrogen) atoms. The summed E-state index contributed by atoms with van der Waals surface area (Å²) in [5.41, 5.74) is 8.55. The third kappa shape index (κ3) is 5.12. The van der Waals surface area contributed by atoms with Crippen molar-refractivity contribution in [2.45, 2.75) is 57.2 Å². The fourth-order valence-electron chi connectivity index (χ4n) is 3.88. The van der Waals surface area contributed by atoms with E-state index < -0.39 is 17.7 Å². The number of hydrogen-bond donors (Lipinski definition) is 3. The average Bonchev–Trinajstić information content (AvgIpc) is 2.64. The first kappa shape index (κ1) is 19.9. The van der Waals surface area contributed by atoms with E-state index in [1.165, 1.54) is 28.8 Å². The predicted octanol–water partition coefficient (Wildman–Crippen LogP) is 2.71. The number of halogens is 2. The van der Waals surface area contributed by atoms with Gasteiger partial charge in [-0.15, -0.1) is 0 Å². The van der Waals surface area contributed by atoms with E-state index in [4.69, 9.17) is 0 Å². The smallest absolute Gasteiger partial charge is 0.126 e. The van der Waals surface area contributed by atoms with Gasteiger partial charge in [-0.25, -0.2) is 8.78 Å². The van der Waals surface area contributed by atoms with Crippen LogP contribution in [-0.2, 0) is 19.3 Å². The van der Waals surface area contributed by atoms with Crippen LogP contribution in [0.15, 0.2) is 36.4 Å². The van der Waals surface area contributed by atoms with Gasteiger partial charge in [-0.1, -0.05) is 25.1 Å². The summed E-state index contributed by atoms with van der Waals surface area (Å²) in [5, 5.41) is 14.0. The van der Waals surface area contributed by atoms with Crippen molar-refractivity contribution in [1.82, 2.24) is 5.32 Å². The van der Waals surface area contributed by atoms with Crippen LogP contribution in [0.3, 0.4) is 0 Å². The molecule has 2 aromatic carbocycles. The van der Waals surface area contributed by atoms with Crippen LogP contribution in [0.5, 0.6) is 0 Å². The van der Waals surface area contributed by atoms with Crippen LogP contribution >= 0.6 is 0 Å². The van der Waals surface area contributed by atoms with Crippen molar-refractivity contribution in [2.24, 2.45) is 0 Å². The summed E-state index contributed by atoms with van der Waals surface area (Å²) in [7, 11) is 0. The molecule has 1 aliphatic carbocycles. The van der Waals surface area contributed by atoms with Crippen molar-refractivity contribution in [3.05, 3.63) is 70.3 Å². The number of aliphatic hydroxyl groups is 1. The van der Waals surface area contributed by atoms with Crippen molar-refractivity contribution in [3.63, 3.8) is 0 Å². The molecule has 0 unspecified atom stereocenters. The van der Waals surface area contributed by atoms with Gasteiger partial charge < -0.3 is 16.2 Å². The normalized spacial score (nSPS) is 18.8. The molecule has 0 saturated heterocycles. The molecule has 5 N–H and O–H groups in total. The Morgan fingerprint density at radius 3 is 2.59 bits per heavy atom. The van der Waals surface area contributed by atoms with E-state index in [1.54, 1.807) is 0 Å². The first-order valence-electron chi connectivity index (χ1n) is 9.77. The average molecular weight is 375 g/mol. The maximum Gasteiger partial charge on any atom is 0.126 e. The van der Waals surface area contributed by atoms with Crippen LogP contribution in [0, 0.1) is 11.6 Å². The summed E-state index contributed by atoms with van der Waals surface area (Å²) < 4.78 is 26.7. The third-order valence-electron chi connectivity index (χ3n) is 5.47. The number of quaternary nitrogens is 1. The summed E-state index contributed by atoms with van der Waals surface area (Å²) in [6.07, 6.45) is 3.93. The number of fused-ring (bicyclic) bond motifs is 1. The zero-order valence-corrected chi connectivity index (χ0v) is 15.8. The van der Waals surface area contributed by atoms with Gasteiger partial charge in [0.1, 0.15) is 23.8 Å². The minimum absolute atomic E-state index is 0.230. The van der Waals surface area contributed by atoms with E-state index in [2.05, 4.69) is 36.2 Å². The first-order chi connectivity index (χ1) is 13.0. The van der Waals surface area contributed by atoms with Gasteiger partial charge in [-0.3, -0.25) is 0 Å². The number of nitrogens with one attached hydrogen (secondary N) is 1. The Balaban J connectivity index is 1.60. The molecule has 2 aromatic rings. The van der Waals surface area contributed by atoms with Crippen molar-refractivity contribution in [2.75, 3.05) is 6.54 Å². The molecule has 5 heteroatoms. The van der Waals surface area contributed by atoms with Gasteiger partial charge in [0.25, 0.3) is 0 Å². The summed E-state index contributed by atoms with van der Waals surface area (Å²) in [4.78, 5) is 0. The van der Waals surface area contributed by atoms with Gasteiger partial charge in [-0.05, 0) is 60.1 Å². The third-order valence-corrected chi connectivity index (χ3v) is 5.47. The highest BCUT2D eigenvalue weighted by Gasteiger charge is 2.24. The largest absolute Gasteiger partial charge is 0.386 e. The van der Waals surface area contributed by atoms with Crippen molar-refractivity contribution >= 4 is 0 Å². The minimum atomic E-state index is -0.684. The molecule has 0 spiro atoms. The Labute approximate surface area is 159 Å². The Morgan fingerprint density at radius 2 is 1.89 bits per heavy atom. The van der Waals surface area contributed by atoms with Crippen LogP contribution < -0.4 is 11.1 Å². The Bertz CT molecular complexity index is 761. The second-order valence-electron chi connectivity index (χ2n) is 7.55. The van der Waals surface area contributed by atoms with Crippen LogP contribution in [0.25, 0.3) is 0 Å². The van der Waals surface area contributed by atoms with E-state index in [1.807, 2.05) is 0 Å². The summed E-state index contributed by atoms with van der Waals surface area (Å²) in [6.45, 7) is 2.56. The van der Waals surface area contributed by atoms with Gasteiger partial charge >= 0.3 is 0 Å². The second kappa shape index (κ2) is 8.91. The molecule has 0 saturated carbocycles. The SMILES string of the molecule is CCc1ccc2c(c1)[C@@H](NC[C@@H](O)[C@@H]([NH3+])Cc1cc(F)cc(F)c1)CCC2. The Kier molecular flexibility index (Phi) is 6.58. The number of aryl methyl sites for hydroxylation is 2. The first-order valence-corrected chi connectivity index (χ1v) is 9.77. The van der Waals surface area contributed by atoms with E-state index in [0.717, 1.165) is 31.7 Å². The van der Waals surface area contributed by atoms with Crippen LogP contribution in [0.4, 0.5) is 8.78 Å². The van der Waals surface area contributed by atoms with Gasteiger partial charge in [0.2, 0.25) is 0 Å². The topological polar surface area (TPSA) is 59.9 Å². The monoisotopic (exact) mass is 375 g/mol. The van der Waals surface area contributed by atoms with Crippen LogP contribution in [0.2, 0.25) is 0 Å². The predicted molar refractivity (Wildman–Crippen MR) is 102 cm³/mol. The number of hydrogen-bond acceptors (Lipinski definition) is 2. The van der Waals surface area contributed by atoms with Gasteiger partial charge in [0, 0.05) is 25.1 Å². The van der Waals surface area contributed by atoms with E-state index in [9.17, 15) is 13.9 Å². The maximum absolute atomic E-state index is 13.3. The highest BCUT2D eigenvalue weighted by Crippen LogP contribution is 2.30. The Morgan fingerprint density at radius 1 is 1.15 bits per heavy atom. The lowest BCUT2D eigenvalue weighted by atomic mass is 9.86. The molecule has 0 amide bonds. The van der Waals surface area contributed by atoms with E-state index >= 15 is 0 Å². The second-order valence-corrected chi connectivity index (χ2v) is 7.55. The molecule has 3 rings (SSSR count). The number of benzene rings is 2. The lowest BCUT2D eigenvalue weighted by Gasteiger charge is -2.28. The van der Waals surface area contributed by atoms with E-state index in [-0.39, 0.29) is 12.1 Å². The van der Waals surface area contributed by atoms with Gasteiger partial charge in [0.15, 0.2) is 0 Å². The Hall–Kier alpha value is -1.82. The molecule has 0 bridgehead atoms. The van der Waals surface area contributed by atoms with Crippen molar-refractivity contribution in [1.29, 1.82) is 0 Å². The molecule has 0 aromatic heterocycles. The zero-order chi connectivity index (χ0) is 19.4. The van der Waals surface area contributed by atoms with Crippen molar-refractivity contribution in [3.8, 4) is 0 Å². The molecule has 3 atom stereocenters. The standard InChI is InChI=1S/C22H28F2N2O/c1-2-14-6-7-16-4-3-5-21(19(16)10-14)26-13-22(27)20(25)11-15-8-17(23)12-18(24)9-15/h6-10,12,20-22,26-27H,2-5,11,13,25H2,1H3/p+1/t20-,21-,22+/m0/s1. The minimum Gasteiger partial charge on any atom is -0.386 e. The number of rotatable bonds is 7. The zero-order valence-electron chi connectivity index (χ0n) is 15.8. The van der Waals surface area contributed by atoms with Crippen molar-refractivity contribution < 1.29 is 19.6 Å². The fourth-order valence-corrected chi connectivity index (χ4v) is 3.88. The van der Waals surface area contributed by atoms with Crippen LogP contribution in [0.1, 0.15) is 48.1 Å². The van der Waals surface area contributed by atoms with Gasteiger partial charge in [0.05, 0.1) is 0 Å². The molecule has 3 nitrogen and oxygen atoms in total.